The van der Waals surface area contributed by atoms with E-state index in [4.69, 9.17) is 0 Å². The Bertz CT molecular complexity index is 453. The molecular formula is C15H22N2O2. The topological polar surface area (TPSA) is 52.6 Å². The fourth-order valence-corrected chi connectivity index (χ4v) is 2.53. The highest BCUT2D eigenvalue weighted by molar-refractivity contribution is 5.97. The monoisotopic (exact) mass is 262 g/mol. The first-order chi connectivity index (χ1) is 9.06. The normalized spacial score (nSPS) is 17.4. The van der Waals surface area contributed by atoms with Crippen molar-refractivity contribution in [2.24, 2.45) is 0 Å². The molecule has 1 aromatic rings. The number of hydrogen-bond donors (Lipinski definition) is 2. The summed E-state index contributed by atoms with van der Waals surface area (Å²) < 4.78 is 0. The van der Waals surface area contributed by atoms with Gasteiger partial charge in [0, 0.05) is 12.6 Å². The van der Waals surface area contributed by atoms with E-state index >= 15 is 0 Å². The standard InChI is InChI=1S/C15H22N2O2/c1-11-5-6-13(14(18)9-11)15(19)16-12(2)10-17-7-3-4-8-17/h5-6,9,12,18H,3-4,7-8,10H2,1-2H3,(H,16,19). The van der Waals surface area contributed by atoms with Crippen LogP contribution in [-0.2, 0) is 0 Å². The zero-order valence-electron chi connectivity index (χ0n) is 11.6. The largest absolute Gasteiger partial charge is 0.507 e. The molecule has 104 valence electrons. The average molecular weight is 262 g/mol. The van der Waals surface area contributed by atoms with Crippen LogP contribution in [0.4, 0.5) is 0 Å². The van der Waals surface area contributed by atoms with Crippen LogP contribution >= 0.6 is 0 Å². The predicted octanol–water partition coefficient (Wildman–Crippen LogP) is 1.91. The molecule has 1 aromatic carbocycles. The van der Waals surface area contributed by atoms with Gasteiger partial charge in [-0.25, -0.2) is 0 Å². The summed E-state index contributed by atoms with van der Waals surface area (Å²) in [6.45, 7) is 7.00. The van der Waals surface area contributed by atoms with E-state index in [9.17, 15) is 9.90 Å². The van der Waals surface area contributed by atoms with Crippen LogP contribution < -0.4 is 5.32 Å². The number of carbonyl (C=O) groups excluding carboxylic acids is 1. The number of nitrogens with one attached hydrogen (secondary N) is 1. The minimum absolute atomic E-state index is 0.0471. The fourth-order valence-electron chi connectivity index (χ4n) is 2.53. The fraction of sp³-hybridized carbons (Fsp3) is 0.533. The number of phenols is 1. The van der Waals surface area contributed by atoms with E-state index in [0.29, 0.717) is 5.56 Å². The third-order valence-corrected chi connectivity index (χ3v) is 3.51. The van der Waals surface area contributed by atoms with Crippen molar-refractivity contribution in [2.45, 2.75) is 32.7 Å². The minimum atomic E-state index is -0.204. The molecule has 19 heavy (non-hydrogen) atoms. The summed E-state index contributed by atoms with van der Waals surface area (Å²) in [4.78, 5) is 14.4. The minimum Gasteiger partial charge on any atom is -0.507 e. The quantitative estimate of drug-likeness (QED) is 0.871. The van der Waals surface area contributed by atoms with E-state index in [1.54, 1.807) is 12.1 Å². The van der Waals surface area contributed by atoms with Gasteiger partial charge in [0.05, 0.1) is 5.56 Å². The van der Waals surface area contributed by atoms with Gasteiger partial charge in [0.15, 0.2) is 0 Å². The van der Waals surface area contributed by atoms with E-state index in [0.717, 1.165) is 25.2 Å². The first-order valence-corrected chi connectivity index (χ1v) is 6.89. The van der Waals surface area contributed by atoms with E-state index in [-0.39, 0.29) is 17.7 Å². The van der Waals surface area contributed by atoms with E-state index in [1.807, 2.05) is 19.9 Å². The Morgan fingerprint density at radius 1 is 1.42 bits per heavy atom. The average Bonchev–Trinajstić information content (AvgIpc) is 2.81. The van der Waals surface area contributed by atoms with Crippen LogP contribution in [-0.4, -0.2) is 41.6 Å². The van der Waals surface area contributed by atoms with Crippen molar-refractivity contribution in [3.05, 3.63) is 29.3 Å². The Balaban J connectivity index is 1.92. The molecule has 0 aliphatic carbocycles. The Morgan fingerprint density at radius 2 is 2.11 bits per heavy atom. The number of aryl methyl sites for hydroxylation is 1. The maximum atomic E-state index is 12.1. The molecule has 0 bridgehead atoms. The van der Waals surface area contributed by atoms with Gasteiger partial charge in [-0.2, -0.15) is 0 Å². The number of phenolic OH excluding ortho intramolecular Hbond substituents is 1. The number of nitrogens with zero attached hydrogens (tertiary/aromatic N) is 1. The van der Waals surface area contributed by atoms with Crippen LogP contribution in [0.1, 0.15) is 35.7 Å². The SMILES string of the molecule is Cc1ccc(C(=O)NC(C)CN2CCCC2)c(O)c1. The zero-order valence-corrected chi connectivity index (χ0v) is 11.6. The summed E-state index contributed by atoms with van der Waals surface area (Å²) in [5.41, 5.74) is 1.29. The van der Waals surface area contributed by atoms with Gasteiger partial charge in [-0.3, -0.25) is 4.79 Å². The molecule has 1 saturated heterocycles. The third kappa shape index (κ3) is 3.70. The highest BCUT2D eigenvalue weighted by atomic mass is 16.3. The summed E-state index contributed by atoms with van der Waals surface area (Å²) in [6, 6.07) is 5.20. The van der Waals surface area contributed by atoms with Crippen LogP contribution in [0, 0.1) is 6.92 Å². The molecule has 0 saturated carbocycles. The summed E-state index contributed by atoms with van der Waals surface area (Å²) in [7, 11) is 0. The van der Waals surface area contributed by atoms with E-state index in [1.165, 1.54) is 12.8 Å². The van der Waals surface area contributed by atoms with E-state index < -0.39 is 0 Å². The lowest BCUT2D eigenvalue weighted by atomic mass is 10.1. The Morgan fingerprint density at radius 3 is 2.74 bits per heavy atom. The van der Waals surface area contributed by atoms with Crippen molar-refractivity contribution in [2.75, 3.05) is 19.6 Å². The van der Waals surface area contributed by atoms with Crippen LogP contribution in [0.2, 0.25) is 0 Å². The lowest BCUT2D eigenvalue weighted by Gasteiger charge is -2.21. The lowest BCUT2D eigenvalue weighted by Crippen LogP contribution is -2.41. The molecule has 0 aromatic heterocycles. The van der Waals surface area contributed by atoms with Crippen molar-refractivity contribution in [3.63, 3.8) is 0 Å². The number of hydrogen-bond acceptors (Lipinski definition) is 3. The zero-order chi connectivity index (χ0) is 13.8. The molecule has 0 spiro atoms. The number of benzene rings is 1. The Hall–Kier alpha value is -1.55. The van der Waals surface area contributed by atoms with Gasteiger partial charge in [-0.05, 0) is 57.5 Å². The molecule has 2 rings (SSSR count). The summed E-state index contributed by atoms with van der Waals surface area (Å²) in [5.74, 6) is -0.157. The number of carbonyl (C=O) groups is 1. The van der Waals surface area contributed by atoms with Crippen LogP contribution in [0.5, 0.6) is 5.75 Å². The van der Waals surface area contributed by atoms with Crippen molar-refractivity contribution < 1.29 is 9.90 Å². The Kier molecular flexibility index (Phi) is 4.43. The molecular weight excluding hydrogens is 240 g/mol. The second kappa shape index (κ2) is 6.06. The molecule has 1 aliphatic rings. The number of amides is 1. The number of aromatic hydroxyl groups is 1. The highest BCUT2D eigenvalue weighted by Gasteiger charge is 2.17. The highest BCUT2D eigenvalue weighted by Crippen LogP contribution is 2.18. The van der Waals surface area contributed by atoms with Gasteiger partial charge in [0.1, 0.15) is 5.75 Å². The third-order valence-electron chi connectivity index (χ3n) is 3.51. The second-order valence-electron chi connectivity index (χ2n) is 5.40. The molecule has 0 radical (unpaired) electrons. The van der Waals surface area contributed by atoms with Gasteiger partial charge >= 0.3 is 0 Å². The summed E-state index contributed by atoms with van der Waals surface area (Å²) in [6.07, 6.45) is 2.50. The molecule has 2 N–H and O–H groups in total. The Labute approximate surface area is 114 Å². The van der Waals surface area contributed by atoms with Crippen LogP contribution in [0.25, 0.3) is 0 Å². The van der Waals surface area contributed by atoms with Gasteiger partial charge in [0.2, 0.25) is 0 Å². The molecule has 1 heterocycles. The van der Waals surface area contributed by atoms with Crippen molar-refractivity contribution in [3.8, 4) is 5.75 Å². The maximum Gasteiger partial charge on any atom is 0.255 e. The van der Waals surface area contributed by atoms with E-state index in [2.05, 4.69) is 10.2 Å². The molecule has 1 amide bonds. The lowest BCUT2D eigenvalue weighted by molar-refractivity contribution is 0.0929. The molecule has 4 heteroatoms. The smallest absolute Gasteiger partial charge is 0.255 e. The van der Waals surface area contributed by atoms with Gasteiger partial charge < -0.3 is 15.3 Å². The first-order valence-electron chi connectivity index (χ1n) is 6.89. The van der Waals surface area contributed by atoms with Crippen LogP contribution in [0.3, 0.4) is 0 Å². The summed E-state index contributed by atoms with van der Waals surface area (Å²) >= 11 is 0. The first kappa shape index (κ1) is 13.9. The predicted molar refractivity (Wildman–Crippen MR) is 75.4 cm³/mol. The molecule has 1 unspecified atom stereocenters. The molecule has 1 fully saturated rings. The van der Waals surface area contributed by atoms with Gasteiger partial charge in [0.25, 0.3) is 5.91 Å². The molecule has 1 atom stereocenters. The number of rotatable bonds is 4. The van der Waals surface area contributed by atoms with Crippen LogP contribution in [0.15, 0.2) is 18.2 Å². The van der Waals surface area contributed by atoms with Gasteiger partial charge in [-0.15, -0.1) is 0 Å². The molecule has 4 nitrogen and oxygen atoms in total. The number of likely N-dealkylation sites (tertiary alicyclic amines) is 1. The van der Waals surface area contributed by atoms with Crippen molar-refractivity contribution in [1.82, 2.24) is 10.2 Å². The van der Waals surface area contributed by atoms with Crippen molar-refractivity contribution in [1.29, 1.82) is 0 Å². The maximum absolute atomic E-state index is 12.1. The second-order valence-corrected chi connectivity index (χ2v) is 5.40. The van der Waals surface area contributed by atoms with Crippen molar-refractivity contribution >= 4 is 5.91 Å². The summed E-state index contributed by atoms with van der Waals surface area (Å²) in [5, 5.41) is 12.7. The molecule has 1 aliphatic heterocycles. The van der Waals surface area contributed by atoms with Gasteiger partial charge in [-0.1, -0.05) is 6.07 Å².